The molecule has 2 heterocycles. The summed E-state index contributed by atoms with van der Waals surface area (Å²) in [4.78, 5) is 8.77. The molecule has 4 heteroatoms. The van der Waals surface area contributed by atoms with Gasteiger partial charge in [-0.3, -0.25) is 9.97 Å². The van der Waals surface area contributed by atoms with Crippen molar-refractivity contribution < 1.29 is 9.84 Å². The second kappa shape index (κ2) is 7.81. The highest BCUT2D eigenvalue weighted by atomic mass is 16.5. The van der Waals surface area contributed by atoms with Crippen molar-refractivity contribution >= 4 is 0 Å². The number of nitrogens with zero attached hydrogens (tertiary/aromatic N) is 2. The number of aryl methyl sites for hydroxylation is 1. The molecule has 2 atom stereocenters. The van der Waals surface area contributed by atoms with Crippen LogP contribution >= 0.6 is 0 Å². The van der Waals surface area contributed by atoms with Gasteiger partial charge in [-0.15, -0.1) is 0 Å². The molecule has 0 amide bonds. The number of allylic oxidation sites excluding steroid dienone is 2. The molecule has 154 valence electrons. The Bertz CT molecular complexity index is 918. The molecule has 1 aliphatic carbocycles. The van der Waals surface area contributed by atoms with Gasteiger partial charge in [-0.25, -0.2) is 0 Å². The first-order valence-electron chi connectivity index (χ1n) is 10.9. The zero-order chi connectivity index (χ0) is 20.6. The largest absolute Gasteiger partial charge is 0.507 e. The first kappa shape index (κ1) is 19.9. The monoisotopic (exact) mass is 392 g/mol. The van der Waals surface area contributed by atoms with Gasteiger partial charge >= 0.3 is 0 Å². The van der Waals surface area contributed by atoms with Gasteiger partial charge < -0.3 is 9.84 Å². The van der Waals surface area contributed by atoms with Gasteiger partial charge in [0.1, 0.15) is 17.1 Å². The van der Waals surface area contributed by atoms with Gasteiger partial charge in [0.15, 0.2) is 0 Å². The molecule has 0 saturated heterocycles. The summed E-state index contributed by atoms with van der Waals surface area (Å²) in [5.41, 5.74) is 4.72. The summed E-state index contributed by atoms with van der Waals surface area (Å²) >= 11 is 0. The van der Waals surface area contributed by atoms with E-state index in [4.69, 9.17) is 4.74 Å². The number of fused-ring (bicyclic) bond motifs is 3. The highest BCUT2D eigenvalue weighted by molar-refractivity contribution is 5.76. The minimum atomic E-state index is -0.254. The Balaban J connectivity index is 1.91. The fraction of sp³-hybridized carbons (Fsp3) is 0.520. The highest BCUT2D eigenvalue weighted by Gasteiger charge is 2.46. The Kier molecular flexibility index (Phi) is 5.37. The number of aromatic hydroxyl groups is 1. The maximum absolute atomic E-state index is 11.5. The topological polar surface area (TPSA) is 55.2 Å². The summed E-state index contributed by atoms with van der Waals surface area (Å²) < 4.78 is 6.52. The minimum Gasteiger partial charge on any atom is -0.507 e. The van der Waals surface area contributed by atoms with E-state index in [0.717, 1.165) is 66.7 Å². The lowest BCUT2D eigenvalue weighted by Gasteiger charge is -2.46. The van der Waals surface area contributed by atoms with Crippen LogP contribution in [0.15, 0.2) is 36.3 Å². The van der Waals surface area contributed by atoms with Crippen molar-refractivity contribution in [3.63, 3.8) is 0 Å². The number of rotatable bonds is 5. The number of benzene rings is 1. The Morgan fingerprint density at radius 1 is 1.24 bits per heavy atom. The number of aromatic nitrogens is 2. The van der Waals surface area contributed by atoms with Crippen LogP contribution in [0, 0.1) is 5.92 Å². The van der Waals surface area contributed by atoms with Crippen LogP contribution < -0.4 is 4.74 Å². The molecule has 4 nitrogen and oxygen atoms in total. The van der Waals surface area contributed by atoms with E-state index < -0.39 is 0 Å². The SMILES string of the molecule is CCCCCc1cc2c(c(O)c1-c1cnccn1)C1C=C(C)CCC1C(C)(C)O2. The molecule has 0 fully saturated rings. The van der Waals surface area contributed by atoms with E-state index in [1.807, 2.05) is 0 Å². The highest BCUT2D eigenvalue weighted by Crippen LogP contribution is 2.55. The van der Waals surface area contributed by atoms with Crippen LogP contribution in [0.2, 0.25) is 0 Å². The zero-order valence-corrected chi connectivity index (χ0v) is 18.0. The lowest BCUT2D eigenvalue weighted by molar-refractivity contribution is 0.0108. The number of phenols is 1. The summed E-state index contributed by atoms with van der Waals surface area (Å²) in [6, 6.07) is 2.16. The van der Waals surface area contributed by atoms with Crippen molar-refractivity contribution in [1.29, 1.82) is 0 Å². The van der Waals surface area contributed by atoms with E-state index in [1.165, 1.54) is 5.57 Å². The maximum Gasteiger partial charge on any atom is 0.132 e. The molecule has 1 N–H and O–H groups in total. The predicted molar refractivity (Wildman–Crippen MR) is 116 cm³/mol. The molecule has 1 aliphatic heterocycles. The second-order valence-electron chi connectivity index (χ2n) is 9.11. The van der Waals surface area contributed by atoms with Gasteiger partial charge in [0.05, 0.1) is 11.9 Å². The maximum atomic E-state index is 11.5. The molecule has 4 rings (SSSR count). The Labute approximate surface area is 174 Å². The van der Waals surface area contributed by atoms with E-state index in [1.54, 1.807) is 18.6 Å². The van der Waals surface area contributed by atoms with Crippen molar-refractivity contribution in [3.05, 3.63) is 47.4 Å². The first-order valence-corrected chi connectivity index (χ1v) is 10.9. The third-order valence-corrected chi connectivity index (χ3v) is 6.60. The van der Waals surface area contributed by atoms with Crippen LogP contribution in [0.25, 0.3) is 11.3 Å². The number of hydrogen-bond donors (Lipinski definition) is 1. The molecule has 29 heavy (non-hydrogen) atoms. The fourth-order valence-corrected chi connectivity index (χ4v) is 5.09. The molecule has 0 radical (unpaired) electrons. The number of phenolic OH excluding ortho intramolecular Hbond substituents is 1. The van der Waals surface area contributed by atoms with Crippen LogP contribution in [0.5, 0.6) is 11.5 Å². The first-order chi connectivity index (χ1) is 13.9. The van der Waals surface area contributed by atoms with Gasteiger partial charge in [0.2, 0.25) is 0 Å². The second-order valence-corrected chi connectivity index (χ2v) is 9.11. The number of ether oxygens (including phenoxy) is 1. The van der Waals surface area contributed by atoms with Gasteiger partial charge in [0, 0.05) is 35.4 Å². The van der Waals surface area contributed by atoms with Gasteiger partial charge in [-0.2, -0.15) is 0 Å². The molecule has 0 spiro atoms. The Morgan fingerprint density at radius 2 is 2.07 bits per heavy atom. The van der Waals surface area contributed by atoms with Crippen molar-refractivity contribution in [1.82, 2.24) is 9.97 Å². The summed E-state index contributed by atoms with van der Waals surface area (Å²) in [7, 11) is 0. The third kappa shape index (κ3) is 3.65. The summed E-state index contributed by atoms with van der Waals surface area (Å²) in [5, 5.41) is 11.5. The molecule has 1 aromatic carbocycles. The Hall–Kier alpha value is -2.36. The van der Waals surface area contributed by atoms with Gasteiger partial charge in [0.25, 0.3) is 0 Å². The average molecular weight is 393 g/mol. The van der Waals surface area contributed by atoms with E-state index in [9.17, 15) is 5.11 Å². The van der Waals surface area contributed by atoms with Crippen LogP contribution in [-0.4, -0.2) is 20.7 Å². The van der Waals surface area contributed by atoms with Crippen LogP contribution in [0.1, 0.15) is 76.8 Å². The zero-order valence-electron chi connectivity index (χ0n) is 18.0. The molecule has 1 aromatic heterocycles. The number of unbranched alkanes of at least 4 members (excludes halogenated alkanes) is 2. The molecule has 2 aliphatic rings. The lowest BCUT2D eigenvalue weighted by atomic mass is 9.67. The average Bonchev–Trinajstić information content (AvgIpc) is 2.68. The van der Waals surface area contributed by atoms with Crippen molar-refractivity contribution in [2.75, 3.05) is 0 Å². The molecule has 0 saturated carbocycles. The van der Waals surface area contributed by atoms with Crippen molar-refractivity contribution in [2.45, 2.75) is 77.7 Å². The van der Waals surface area contributed by atoms with E-state index in [-0.39, 0.29) is 11.5 Å². The predicted octanol–water partition coefficient (Wildman–Crippen LogP) is 6.19. The van der Waals surface area contributed by atoms with Crippen molar-refractivity contribution in [2.24, 2.45) is 5.92 Å². The van der Waals surface area contributed by atoms with Crippen LogP contribution in [-0.2, 0) is 6.42 Å². The third-order valence-electron chi connectivity index (χ3n) is 6.60. The molecule has 2 unspecified atom stereocenters. The summed E-state index contributed by atoms with van der Waals surface area (Å²) in [6.07, 6.45) is 13.9. The quantitative estimate of drug-likeness (QED) is 0.487. The lowest BCUT2D eigenvalue weighted by Crippen LogP contribution is -2.45. The minimum absolute atomic E-state index is 0.169. The van der Waals surface area contributed by atoms with Crippen molar-refractivity contribution in [3.8, 4) is 22.8 Å². The standard InChI is InChI=1S/C25H32N2O2/c1-5-6-7-8-17-14-21-23(24(28)22(17)20-15-26-11-12-27-20)18-13-16(2)9-10-19(18)25(3,4)29-21/h11-15,18-19,28H,5-10H2,1-4H3. The fourth-order valence-electron chi connectivity index (χ4n) is 5.09. The molecule has 2 aromatic rings. The summed E-state index contributed by atoms with van der Waals surface area (Å²) in [5.74, 6) is 1.68. The van der Waals surface area contributed by atoms with Gasteiger partial charge in [-0.1, -0.05) is 31.4 Å². The van der Waals surface area contributed by atoms with Gasteiger partial charge in [-0.05, 0) is 58.1 Å². The Morgan fingerprint density at radius 3 is 2.79 bits per heavy atom. The normalized spacial score (nSPS) is 22.3. The molecular weight excluding hydrogens is 360 g/mol. The smallest absolute Gasteiger partial charge is 0.132 e. The van der Waals surface area contributed by atoms with E-state index >= 15 is 0 Å². The molecule has 0 bridgehead atoms. The molecular formula is C25H32N2O2. The van der Waals surface area contributed by atoms with Crippen LogP contribution in [0.3, 0.4) is 0 Å². The number of hydrogen-bond acceptors (Lipinski definition) is 4. The summed E-state index contributed by atoms with van der Waals surface area (Å²) in [6.45, 7) is 8.77. The van der Waals surface area contributed by atoms with E-state index in [0.29, 0.717) is 11.7 Å². The van der Waals surface area contributed by atoms with E-state index in [2.05, 4.69) is 49.8 Å². The van der Waals surface area contributed by atoms with Crippen LogP contribution in [0.4, 0.5) is 0 Å².